The van der Waals surface area contributed by atoms with Crippen molar-refractivity contribution in [2.45, 2.75) is 18.9 Å². The minimum Gasteiger partial charge on any atom is -0.480 e. The molecule has 2 atom stereocenters. The second-order valence-corrected chi connectivity index (χ2v) is 9.17. The number of Topliss-reactive ketones (excluding diaryl/α,β-unsaturated/α-hetero) is 1. The van der Waals surface area contributed by atoms with Crippen LogP contribution in [0.15, 0.2) is 48.8 Å². The van der Waals surface area contributed by atoms with Crippen LogP contribution >= 0.6 is 0 Å². The van der Waals surface area contributed by atoms with Crippen LogP contribution in [0, 0.1) is 0 Å². The number of ketones is 1. The van der Waals surface area contributed by atoms with Gasteiger partial charge in [0.2, 0.25) is 11.7 Å². The summed E-state index contributed by atoms with van der Waals surface area (Å²) in [7, 11) is 2.95. The van der Waals surface area contributed by atoms with Crippen LogP contribution in [0.4, 0.5) is 5.69 Å². The van der Waals surface area contributed by atoms with Gasteiger partial charge < -0.3 is 24.6 Å². The van der Waals surface area contributed by atoms with E-state index in [2.05, 4.69) is 20.3 Å². The Hall–Kier alpha value is -4.54. The topological polar surface area (TPSA) is 127 Å². The number of aromatic nitrogens is 3. The number of nitrogens with zero attached hydrogens (tertiary/aromatic N) is 5. The maximum atomic E-state index is 13.4. The van der Waals surface area contributed by atoms with Crippen molar-refractivity contribution < 1.29 is 23.9 Å². The molecule has 4 heterocycles. The molecule has 11 heteroatoms. The maximum Gasteiger partial charge on any atom is 0.319 e. The number of carbonyl (C=O) groups is 3. The first-order valence-electron chi connectivity index (χ1n) is 12.3. The Morgan fingerprint density at radius 1 is 1.03 bits per heavy atom. The Morgan fingerprint density at radius 2 is 1.82 bits per heavy atom. The first-order valence-corrected chi connectivity index (χ1v) is 12.3. The van der Waals surface area contributed by atoms with Gasteiger partial charge in [-0.1, -0.05) is 18.2 Å². The SMILES string of the molecule is COc1ncc(-c2nccc3c2NCC3C(=O)C(=O)N2CCN(C(=O)c3ccccc3)C[C@H]2C)c(OC)n1. The second kappa shape index (κ2) is 10.4. The Labute approximate surface area is 219 Å². The van der Waals surface area contributed by atoms with Crippen LogP contribution < -0.4 is 14.8 Å². The van der Waals surface area contributed by atoms with Gasteiger partial charge in [0.15, 0.2) is 0 Å². The summed E-state index contributed by atoms with van der Waals surface area (Å²) in [4.78, 5) is 55.8. The van der Waals surface area contributed by atoms with Crippen LogP contribution in [0.1, 0.15) is 28.8 Å². The fourth-order valence-electron chi connectivity index (χ4n) is 4.97. The fourth-order valence-corrected chi connectivity index (χ4v) is 4.97. The predicted molar refractivity (Wildman–Crippen MR) is 138 cm³/mol. The van der Waals surface area contributed by atoms with E-state index < -0.39 is 17.6 Å². The van der Waals surface area contributed by atoms with Crippen molar-refractivity contribution >= 4 is 23.3 Å². The quantitative estimate of drug-likeness (QED) is 0.490. The highest BCUT2D eigenvalue weighted by Gasteiger charge is 2.39. The van der Waals surface area contributed by atoms with E-state index in [9.17, 15) is 14.4 Å². The Bertz CT molecular complexity index is 1380. The first-order chi connectivity index (χ1) is 18.4. The van der Waals surface area contributed by atoms with Gasteiger partial charge in [-0.2, -0.15) is 4.98 Å². The molecule has 1 saturated heterocycles. The van der Waals surface area contributed by atoms with Gasteiger partial charge in [0.05, 0.1) is 31.4 Å². The summed E-state index contributed by atoms with van der Waals surface area (Å²) in [5.74, 6) is -1.51. The summed E-state index contributed by atoms with van der Waals surface area (Å²) >= 11 is 0. The molecule has 2 aliphatic heterocycles. The molecule has 196 valence electrons. The van der Waals surface area contributed by atoms with Crippen molar-refractivity contribution in [1.82, 2.24) is 24.8 Å². The third-order valence-corrected chi connectivity index (χ3v) is 6.93. The van der Waals surface area contributed by atoms with Crippen LogP contribution in [0.3, 0.4) is 0 Å². The van der Waals surface area contributed by atoms with Gasteiger partial charge in [-0.3, -0.25) is 19.4 Å². The van der Waals surface area contributed by atoms with Crippen LogP contribution in [-0.2, 0) is 9.59 Å². The number of benzene rings is 1. The number of hydrogen-bond donors (Lipinski definition) is 1. The molecule has 0 radical (unpaired) electrons. The standard InChI is InChI=1S/C27H28N6O5/c1-16-15-32(25(35)17-7-5-4-6-8-17)11-12-33(16)26(36)23(34)19-13-29-21-18(19)9-10-28-22(21)20-14-30-27(38-3)31-24(20)37-2/h4-10,14,16,19,29H,11-13,15H2,1-3H3/t16-,19?/m1/s1. The smallest absolute Gasteiger partial charge is 0.319 e. The average Bonchev–Trinajstić information content (AvgIpc) is 3.40. The van der Waals surface area contributed by atoms with E-state index >= 15 is 0 Å². The summed E-state index contributed by atoms with van der Waals surface area (Å²) in [5.41, 5.74) is 2.97. The number of carbonyl (C=O) groups excluding carboxylic acids is 3. The molecule has 5 rings (SSSR count). The third-order valence-electron chi connectivity index (χ3n) is 6.93. The van der Waals surface area contributed by atoms with E-state index in [4.69, 9.17) is 9.47 Å². The van der Waals surface area contributed by atoms with Gasteiger partial charge in [-0.05, 0) is 30.7 Å². The largest absolute Gasteiger partial charge is 0.480 e. The monoisotopic (exact) mass is 516 g/mol. The lowest BCUT2D eigenvalue weighted by atomic mass is 9.94. The van der Waals surface area contributed by atoms with E-state index in [0.29, 0.717) is 47.7 Å². The van der Waals surface area contributed by atoms with Crippen molar-refractivity contribution in [2.24, 2.45) is 0 Å². The van der Waals surface area contributed by atoms with E-state index in [-0.39, 0.29) is 30.4 Å². The van der Waals surface area contributed by atoms with Crippen molar-refractivity contribution in [3.8, 4) is 23.1 Å². The number of ether oxygens (including phenoxy) is 2. The molecule has 2 aromatic heterocycles. The normalized spacial score (nSPS) is 18.4. The number of fused-ring (bicyclic) bond motifs is 1. The molecule has 0 bridgehead atoms. The highest BCUT2D eigenvalue weighted by molar-refractivity contribution is 6.38. The number of nitrogens with one attached hydrogen (secondary N) is 1. The highest BCUT2D eigenvalue weighted by Crippen LogP contribution is 2.41. The summed E-state index contributed by atoms with van der Waals surface area (Å²) in [6, 6.07) is 10.6. The molecule has 1 unspecified atom stereocenters. The number of rotatable bonds is 6. The number of hydrogen-bond acceptors (Lipinski definition) is 9. The second-order valence-electron chi connectivity index (χ2n) is 9.17. The molecule has 2 amide bonds. The Kier molecular flexibility index (Phi) is 6.91. The molecular formula is C27H28N6O5. The van der Waals surface area contributed by atoms with Gasteiger partial charge in [0.1, 0.15) is 5.69 Å². The zero-order chi connectivity index (χ0) is 26.8. The van der Waals surface area contributed by atoms with Crippen molar-refractivity contribution in [3.63, 3.8) is 0 Å². The summed E-state index contributed by atoms with van der Waals surface area (Å²) in [6.45, 7) is 3.13. The molecule has 1 N–H and O–H groups in total. The van der Waals surface area contributed by atoms with E-state index in [0.717, 1.165) is 0 Å². The molecule has 3 aromatic rings. The van der Waals surface area contributed by atoms with E-state index in [1.165, 1.54) is 14.2 Å². The lowest BCUT2D eigenvalue weighted by Crippen LogP contribution is -2.57. The molecule has 11 nitrogen and oxygen atoms in total. The Balaban J connectivity index is 1.33. The number of amides is 2. The van der Waals surface area contributed by atoms with Crippen LogP contribution in [-0.4, -0.2) is 88.8 Å². The number of piperazine rings is 1. The minimum atomic E-state index is -0.666. The third kappa shape index (κ3) is 4.51. The van der Waals surface area contributed by atoms with E-state index in [1.54, 1.807) is 40.4 Å². The van der Waals surface area contributed by atoms with Crippen molar-refractivity contribution in [2.75, 3.05) is 45.7 Å². The van der Waals surface area contributed by atoms with Gasteiger partial charge in [-0.25, -0.2) is 4.98 Å². The minimum absolute atomic E-state index is 0.0808. The lowest BCUT2D eigenvalue weighted by molar-refractivity contribution is -0.148. The summed E-state index contributed by atoms with van der Waals surface area (Å²) < 4.78 is 10.5. The average molecular weight is 517 g/mol. The number of methoxy groups -OCH3 is 2. The molecule has 0 aliphatic carbocycles. The van der Waals surface area contributed by atoms with Gasteiger partial charge in [0, 0.05) is 50.2 Å². The fraction of sp³-hybridized carbons (Fsp3) is 0.333. The predicted octanol–water partition coefficient (Wildman–Crippen LogP) is 2.01. The van der Waals surface area contributed by atoms with E-state index in [1.807, 2.05) is 25.1 Å². The molecule has 1 aromatic carbocycles. The zero-order valence-electron chi connectivity index (χ0n) is 21.4. The van der Waals surface area contributed by atoms with Crippen LogP contribution in [0.2, 0.25) is 0 Å². The molecule has 2 aliphatic rings. The van der Waals surface area contributed by atoms with Crippen molar-refractivity contribution in [1.29, 1.82) is 0 Å². The summed E-state index contributed by atoms with van der Waals surface area (Å²) in [5, 5.41) is 3.24. The lowest BCUT2D eigenvalue weighted by Gasteiger charge is -2.39. The van der Waals surface area contributed by atoms with Crippen molar-refractivity contribution in [3.05, 3.63) is 59.9 Å². The highest BCUT2D eigenvalue weighted by atomic mass is 16.5. The molecule has 0 spiro atoms. The Morgan fingerprint density at radius 3 is 2.53 bits per heavy atom. The molecule has 1 fully saturated rings. The van der Waals surface area contributed by atoms with Crippen LogP contribution in [0.5, 0.6) is 11.9 Å². The maximum absolute atomic E-state index is 13.4. The van der Waals surface area contributed by atoms with Crippen LogP contribution in [0.25, 0.3) is 11.3 Å². The van der Waals surface area contributed by atoms with Gasteiger partial charge in [0.25, 0.3) is 11.8 Å². The van der Waals surface area contributed by atoms with Gasteiger partial charge in [-0.15, -0.1) is 0 Å². The molecular weight excluding hydrogens is 488 g/mol. The summed E-state index contributed by atoms with van der Waals surface area (Å²) in [6.07, 6.45) is 3.14. The number of pyridine rings is 1. The van der Waals surface area contributed by atoms with Gasteiger partial charge >= 0.3 is 6.01 Å². The first kappa shape index (κ1) is 25.1. The molecule has 38 heavy (non-hydrogen) atoms. The number of anilines is 1. The molecule has 0 saturated carbocycles. The zero-order valence-corrected chi connectivity index (χ0v) is 21.4.